The molecule has 1 fully saturated rings. The minimum Gasteiger partial charge on any atom is -0.504 e. The number of hydrogen-bond acceptors (Lipinski definition) is 8. The van der Waals surface area contributed by atoms with Crippen LogP contribution in [0.4, 0.5) is 0 Å². The smallest absolute Gasteiger partial charge is 0.168 e. The fraction of sp³-hybridized carbons (Fsp3) is 0.300. The maximum Gasteiger partial charge on any atom is 0.168 e. The van der Waals surface area contributed by atoms with Crippen molar-refractivity contribution in [2.75, 3.05) is 13.6 Å². The van der Waals surface area contributed by atoms with Crippen LogP contribution in [0.3, 0.4) is 0 Å². The Bertz CT molecular complexity index is 1510. The molecule has 0 amide bonds. The van der Waals surface area contributed by atoms with Crippen LogP contribution < -0.4 is 4.74 Å². The fourth-order valence-corrected chi connectivity index (χ4v) is 7.81. The zero-order valence-electron chi connectivity index (χ0n) is 21.4. The Morgan fingerprint density at radius 3 is 2.59 bits per heavy atom. The lowest BCUT2D eigenvalue weighted by Gasteiger charge is -2.56. The highest BCUT2D eigenvalue weighted by molar-refractivity contribution is 7.72. The first-order chi connectivity index (χ1) is 18.9. The van der Waals surface area contributed by atoms with Crippen molar-refractivity contribution in [3.8, 4) is 11.5 Å². The molecule has 1 saturated heterocycles. The molecule has 4 aromatic rings. The van der Waals surface area contributed by atoms with Gasteiger partial charge in [0.05, 0.1) is 10.4 Å². The molecule has 0 unspecified atom stereocenters. The molecule has 4 heterocycles. The van der Waals surface area contributed by atoms with E-state index < -0.39 is 28.3 Å². The summed E-state index contributed by atoms with van der Waals surface area (Å²) >= 11 is 1.71. The number of thiol groups is 1. The Morgan fingerprint density at radius 1 is 1.10 bits per heavy atom. The van der Waals surface area contributed by atoms with Crippen LogP contribution in [-0.4, -0.2) is 60.4 Å². The quantitative estimate of drug-likeness (QED) is 0.237. The fourth-order valence-electron chi connectivity index (χ4n) is 6.71. The number of aromatic hydroxyl groups is 1. The van der Waals surface area contributed by atoms with Crippen molar-refractivity contribution in [3.63, 3.8) is 0 Å². The second-order valence-electron chi connectivity index (χ2n) is 10.3. The van der Waals surface area contributed by atoms with E-state index in [4.69, 9.17) is 4.74 Å². The molecule has 2 aliphatic heterocycles. The number of fused-ring (bicyclic) bond motifs is 1. The van der Waals surface area contributed by atoms with Crippen LogP contribution in [-0.2, 0) is 22.5 Å². The summed E-state index contributed by atoms with van der Waals surface area (Å²) in [4.78, 5) is 6.64. The monoisotopic (exact) mass is 562 g/mol. The summed E-state index contributed by atoms with van der Waals surface area (Å²) in [5.41, 5.74) is 2.19. The van der Waals surface area contributed by atoms with Gasteiger partial charge in [-0.2, -0.15) is 11.3 Å². The SMILES string of the molecule is CN1CC[C@]23c4c5c([SH](=O)=O)cc(O)c4O[C@H]2[C@@H](O)C=C[C@H]3[C@H]1C5.c1ccc2ncccc2c1.c1ccsc1. The van der Waals surface area contributed by atoms with Crippen molar-refractivity contribution in [1.29, 1.82) is 0 Å². The topological polar surface area (TPSA) is 100.0 Å². The minimum absolute atomic E-state index is 0.143. The first-order valence-electron chi connectivity index (χ1n) is 13.0. The van der Waals surface area contributed by atoms with Gasteiger partial charge in [0.1, 0.15) is 12.2 Å². The Morgan fingerprint density at radius 2 is 1.87 bits per heavy atom. The lowest BCUT2D eigenvalue weighted by molar-refractivity contribution is -0.0455. The van der Waals surface area contributed by atoms with Crippen molar-refractivity contribution in [1.82, 2.24) is 9.88 Å². The summed E-state index contributed by atoms with van der Waals surface area (Å²) in [5.74, 6) is 0.374. The van der Waals surface area contributed by atoms with Gasteiger partial charge < -0.3 is 19.8 Å². The van der Waals surface area contributed by atoms with Gasteiger partial charge in [0.15, 0.2) is 22.2 Å². The number of likely N-dealkylation sites (N-methyl/N-ethyl adjacent to an activating group) is 1. The predicted octanol–water partition coefficient (Wildman–Crippen LogP) is 4.15. The van der Waals surface area contributed by atoms with Gasteiger partial charge in [-0.15, -0.1) is 0 Å². The molecule has 8 rings (SSSR count). The summed E-state index contributed by atoms with van der Waals surface area (Å²) in [5, 5.41) is 26.2. The van der Waals surface area contributed by atoms with E-state index in [0.717, 1.165) is 29.6 Å². The van der Waals surface area contributed by atoms with Gasteiger partial charge >= 0.3 is 0 Å². The molecular formula is C30H30N2O5S2. The van der Waals surface area contributed by atoms with Gasteiger partial charge in [-0.25, -0.2) is 8.42 Å². The van der Waals surface area contributed by atoms with Crippen molar-refractivity contribution < 1.29 is 23.4 Å². The van der Waals surface area contributed by atoms with Crippen molar-refractivity contribution in [2.45, 2.75) is 41.4 Å². The van der Waals surface area contributed by atoms with Crippen molar-refractivity contribution in [3.05, 3.63) is 94.8 Å². The molecule has 2 aromatic heterocycles. The molecule has 39 heavy (non-hydrogen) atoms. The van der Waals surface area contributed by atoms with Gasteiger partial charge in [0, 0.05) is 40.6 Å². The highest BCUT2D eigenvalue weighted by Crippen LogP contribution is 2.63. The number of rotatable bonds is 1. The third kappa shape index (κ3) is 4.34. The molecule has 2 aromatic carbocycles. The van der Waals surface area contributed by atoms with Crippen LogP contribution in [0, 0.1) is 5.92 Å². The largest absolute Gasteiger partial charge is 0.504 e. The van der Waals surface area contributed by atoms with Crippen molar-refractivity contribution in [2.24, 2.45) is 5.92 Å². The number of aliphatic hydroxyl groups is 1. The number of phenols is 1. The van der Waals surface area contributed by atoms with E-state index in [-0.39, 0.29) is 22.6 Å². The van der Waals surface area contributed by atoms with Crippen molar-refractivity contribution >= 4 is 32.9 Å². The van der Waals surface area contributed by atoms with E-state index in [1.807, 2.05) is 53.4 Å². The second kappa shape index (κ2) is 10.4. The zero-order valence-corrected chi connectivity index (χ0v) is 23.1. The third-order valence-electron chi connectivity index (χ3n) is 8.39. The maximum absolute atomic E-state index is 11.8. The maximum atomic E-state index is 11.8. The number of hydrogen-bond donors (Lipinski definition) is 3. The number of nitrogens with zero attached hydrogens (tertiary/aromatic N) is 2. The molecule has 2 aliphatic carbocycles. The number of thiophene rings is 1. The van der Waals surface area contributed by atoms with E-state index in [1.54, 1.807) is 17.4 Å². The highest BCUT2D eigenvalue weighted by atomic mass is 32.2. The number of ether oxygens (including phenoxy) is 1. The summed E-state index contributed by atoms with van der Waals surface area (Å²) in [6.45, 7) is 0.856. The van der Waals surface area contributed by atoms with Crippen LogP contribution >= 0.6 is 11.3 Å². The van der Waals surface area contributed by atoms with Crippen LogP contribution in [0.25, 0.3) is 10.9 Å². The number of pyridine rings is 1. The Labute approximate surface area is 233 Å². The lowest BCUT2D eigenvalue weighted by Crippen LogP contribution is -2.64. The number of benzene rings is 2. The van der Waals surface area contributed by atoms with E-state index in [1.165, 1.54) is 11.5 Å². The van der Waals surface area contributed by atoms with E-state index in [2.05, 4.69) is 35.1 Å². The number of piperidine rings is 1. The molecule has 202 valence electrons. The third-order valence-corrected chi connectivity index (χ3v) is 9.81. The summed E-state index contributed by atoms with van der Waals surface area (Å²) in [6, 6.07) is 17.6. The average molecular weight is 563 g/mol. The highest BCUT2D eigenvalue weighted by Gasteiger charge is 2.64. The van der Waals surface area contributed by atoms with E-state index in [0.29, 0.717) is 12.2 Å². The van der Waals surface area contributed by atoms with Crippen LogP contribution in [0.15, 0.2) is 88.6 Å². The van der Waals surface area contributed by atoms with E-state index >= 15 is 0 Å². The van der Waals surface area contributed by atoms with Gasteiger partial charge in [0.25, 0.3) is 0 Å². The number of aromatic nitrogens is 1. The number of likely N-dealkylation sites (tertiary alicyclic amines) is 1. The van der Waals surface area contributed by atoms with Gasteiger partial charge in [0.2, 0.25) is 0 Å². The average Bonchev–Trinajstić information content (AvgIpc) is 3.64. The molecule has 5 atom stereocenters. The van der Waals surface area contributed by atoms with Gasteiger partial charge in [-0.1, -0.05) is 48.6 Å². The number of phenolic OH excluding ortho intramolecular Hbond substituents is 1. The number of aliphatic hydroxyl groups excluding tert-OH is 1. The summed E-state index contributed by atoms with van der Waals surface area (Å²) < 4.78 is 29.6. The minimum atomic E-state index is -2.81. The molecule has 4 aliphatic rings. The summed E-state index contributed by atoms with van der Waals surface area (Å²) in [6.07, 6.45) is 5.81. The second-order valence-corrected chi connectivity index (χ2v) is 12.1. The molecule has 2 N–H and O–H groups in total. The molecular weight excluding hydrogens is 532 g/mol. The predicted molar refractivity (Wildman–Crippen MR) is 152 cm³/mol. The molecule has 7 nitrogen and oxygen atoms in total. The Balaban J connectivity index is 0.000000150. The number of para-hydroxylation sites is 1. The molecule has 9 heteroatoms. The van der Waals surface area contributed by atoms with Gasteiger partial charge in [-0.3, -0.25) is 4.98 Å². The van der Waals surface area contributed by atoms with Crippen LogP contribution in [0.2, 0.25) is 0 Å². The summed E-state index contributed by atoms with van der Waals surface area (Å²) in [7, 11) is -0.747. The molecule has 0 saturated carbocycles. The molecule has 1 spiro atoms. The lowest BCUT2D eigenvalue weighted by atomic mass is 9.53. The normalized spacial score (nSPS) is 27.6. The van der Waals surface area contributed by atoms with Crippen LogP contribution in [0.1, 0.15) is 17.5 Å². The Kier molecular flexibility index (Phi) is 6.93. The molecule has 0 radical (unpaired) electrons. The van der Waals surface area contributed by atoms with Crippen LogP contribution in [0.5, 0.6) is 11.5 Å². The van der Waals surface area contributed by atoms with Gasteiger partial charge in [-0.05, 0) is 54.9 Å². The first kappa shape index (κ1) is 26.0. The Hall–Kier alpha value is -3.24. The standard InChI is InChI=1S/C17H19NO5S.C9H7N.C4H4S/c1-18-5-4-17-9-2-3-11(19)16(17)23-15-12(20)7-13(24(21)22)8(14(15)17)6-10(9)18;1-2-6-9-8(4-1)5-3-7-10-9;1-2-4-5-3-1/h2-3,7,9-11,16,19-20,24H,4-6H2,1H3;1-7H;1-4H/t9-,10+,11-,16-,17-;;/m0../s1. The molecule has 2 bridgehead atoms. The van der Waals surface area contributed by atoms with E-state index in [9.17, 15) is 18.6 Å². The first-order valence-corrected chi connectivity index (χ1v) is 15.1. The zero-order chi connectivity index (χ0) is 27.1.